The number of hydrogen-bond acceptors (Lipinski definition) is 4. The van der Waals surface area contributed by atoms with Crippen molar-refractivity contribution in [3.8, 4) is 17.2 Å². The predicted molar refractivity (Wildman–Crippen MR) is 154 cm³/mol. The van der Waals surface area contributed by atoms with E-state index in [0.717, 1.165) is 49.7 Å². The average molecular weight is 615 g/mol. The second-order valence-electron chi connectivity index (χ2n) is 12.5. The van der Waals surface area contributed by atoms with Gasteiger partial charge in [0, 0.05) is 23.8 Å². The van der Waals surface area contributed by atoms with Crippen molar-refractivity contribution in [3.63, 3.8) is 0 Å². The van der Waals surface area contributed by atoms with Gasteiger partial charge < -0.3 is 20.1 Å². The molecule has 0 bridgehead atoms. The number of ether oxygens (including phenoxy) is 1. The molecule has 1 aliphatic heterocycles. The lowest BCUT2D eigenvalue weighted by atomic mass is 9.66. The van der Waals surface area contributed by atoms with Gasteiger partial charge in [0.25, 0.3) is 0 Å². The first-order chi connectivity index (χ1) is 20.1. The van der Waals surface area contributed by atoms with Gasteiger partial charge in [-0.15, -0.1) is 0 Å². The fraction of sp³-hybridized carbons (Fsp3) is 0.606. The molecule has 1 heterocycles. The molecule has 2 aromatic carbocycles. The summed E-state index contributed by atoms with van der Waals surface area (Å²) in [5.41, 5.74) is 0.609. The molecule has 0 radical (unpaired) electrons. The van der Waals surface area contributed by atoms with Gasteiger partial charge >= 0.3 is 18.1 Å². The van der Waals surface area contributed by atoms with Gasteiger partial charge in [-0.2, -0.15) is 22.0 Å². The summed E-state index contributed by atoms with van der Waals surface area (Å²) < 4.78 is 69.4. The standard InChI is InChI=1S/C33H43F5O5/c1-30(29(41)42,19-9-10-20-32(34,35)33(36,37)38)18-8-6-4-3-5-7-11-27-26-17-16-25(40)21-28(26)43-22-31(27,2)23-12-14-24(39)15-13-23/h12-17,21,27,39-40H,3-11,18-20,22H2,1-2H3,(H,41,42)/t27-,30?,31-/m1/s1. The normalized spacial score (nSPS) is 20.2. The quantitative estimate of drug-likeness (QED) is 0.130. The molecule has 3 N–H and O–H groups in total. The van der Waals surface area contributed by atoms with Gasteiger partial charge in [-0.3, -0.25) is 4.79 Å². The van der Waals surface area contributed by atoms with Crippen molar-refractivity contribution in [2.75, 3.05) is 6.61 Å². The van der Waals surface area contributed by atoms with E-state index in [1.165, 1.54) is 6.92 Å². The summed E-state index contributed by atoms with van der Waals surface area (Å²) in [5, 5.41) is 29.4. The molecule has 1 unspecified atom stereocenters. The van der Waals surface area contributed by atoms with E-state index in [-0.39, 0.29) is 42.1 Å². The Kier molecular flexibility index (Phi) is 11.3. The highest BCUT2D eigenvalue weighted by atomic mass is 19.4. The number of alkyl halides is 5. The van der Waals surface area contributed by atoms with Crippen molar-refractivity contribution in [2.45, 2.75) is 114 Å². The number of carboxylic acids is 1. The molecule has 1 aliphatic rings. The number of phenolic OH excluding ortho intramolecular Hbond substituents is 2. The van der Waals surface area contributed by atoms with Crippen molar-refractivity contribution < 1.29 is 46.8 Å². The second-order valence-corrected chi connectivity index (χ2v) is 12.5. The zero-order valence-electron chi connectivity index (χ0n) is 24.9. The zero-order valence-corrected chi connectivity index (χ0v) is 24.9. The third-order valence-corrected chi connectivity index (χ3v) is 9.07. The molecule has 2 aromatic rings. The van der Waals surface area contributed by atoms with Gasteiger partial charge in [0.1, 0.15) is 17.2 Å². The number of hydrogen-bond donors (Lipinski definition) is 3. The van der Waals surface area contributed by atoms with Crippen LogP contribution in [0.3, 0.4) is 0 Å². The van der Waals surface area contributed by atoms with Gasteiger partial charge in [0.05, 0.1) is 12.0 Å². The molecule has 3 rings (SSSR count). The number of unbranched alkanes of at least 4 members (excludes halogenated alkanes) is 6. The van der Waals surface area contributed by atoms with Crippen molar-refractivity contribution in [2.24, 2.45) is 5.41 Å². The number of fused-ring (bicyclic) bond motifs is 1. The van der Waals surface area contributed by atoms with Crippen molar-refractivity contribution in [1.82, 2.24) is 0 Å². The van der Waals surface area contributed by atoms with Crippen molar-refractivity contribution in [1.29, 1.82) is 0 Å². The molecule has 0 saturated heterocycles. The minimum Gasteiger partial charge on any atom is -0.508 e. The van der Waals surface area contributed by atoms with Gasteiger partial charge in [-0.1, -0.05) is 70.1 Å². The molecule has 43 heavy (non-hydrogen) atoms. The maximum atomic E-state index is 13.1. The summed E-state index contributed by atoms with van der Waals surface area (Å²) in [6, 6.07) is 12.4. The van der Waals surface area contributed by atoms with Crippen molar-refractivity contribution >= 4 is 5.97 Å². The van der Waals surface area contributed by atoms with Gasteiger partial charge in [-0.25, -0.2) is 0 Å². The molecule has 0 aromatic heterocycles. The molecule has 5 nitrogen and oxygen atoms in total. The fourth-order valence-electron chi connectivity index (χ4n) is 6.12. The molecule has 0 amide bonds. The molecule has 0 spiro atoms. The molecule has 0 fully saturated rings. The summed E-state index contributed by atoms with van der Waals surface area (Å²) >= 11 is 0. The first kappa shape index (κ1) is 34.5. The van der Waals surface area contributed by atoms with E-state index in [0.29, 0.717) is 25.2 Å². The average Bonchev–Trinajstić information content (AvgIpc) is 2.93. The Morgan fingerprint density at radius 3 is 1.98 bits per heavy atom. The molecular formula is C33H43F5O5. The fourth-order valence-corrected chi connectivity index (χ4v) is 6.12. The lowest BCUT2D eigenvalue weighted by molar-refractivity contribution is -0.284. The summed E-state index contributed by atoms with van der Waals surface area (Å²) in [7, 11) is 0. The van der Waals surface area contributed by atoms with E-state index in [4.69, 9.17) is 4.74 Å². The highest BCUT2D eigenvalue weighted by Gasteiger charge is 2.56. The molecular weight excluding hydrogens is 571 g/mol. The first-order valence-electron chi connectivity index (χ1n) is 15.0. The maximum Gasteiger partial charge on any atom is 0.453 e. The number of carboxylic acid groups (broad SMARTS) is 1. The maximum absolute atomic E-state index is 13.1. The lowest BCUT2D eigenvalue weighted by Crippen LogP contribution is -2.40. The van der Waals surface area contributed by atoms with Crippen LogP contribution in [-0.4, -0.2) is 40.0 Å². The Labute approximate surface area is 250 Å². The molecule has 0 aliphatic carbocycles. The Bertz CT molecular complexity index is 1200. The van der Waals surface area contributed by atoms with Crippen LogP contribution in [-0.2, 0) is 10.2 Å². The smallest absolute Gasteiger partial charge is 0.453 e. The summed E-state index contributed by atoms with van der Waals surface area (Å²) in [5.74, 6) is -4.66. The summed E-state index contributed by atoms with van der Waals surface area (Å²) in [4.78, 5) is 11.8. The van der Waals surface area contributed by atoms with Crippen LogP contribution in [0, 0.1) is 5.41 Å². The Morgan fingerprint density at radius 2 is 1.37 bits per heavy atom. The first-order valence-corrected chi connectivity index (χ1v) is 15.0. The van der Waals surface area contributed by atoms with Crippen LogP contribution in [0.2, 0.25) is 0 Å². The second kappa shape index (κ2) is 14.2. The Morgan fingerprint density at radius 1 is 0.837 bits per heavy atom. The van der Waals surface area contributed by atoms with Crippen LogP contribution in [0.4, 0.5) is 22.0 Å². The predicted octanol–water partition coefficient (Wildman–Crippen LogP) is 9.50. The monoisotopic (exact) mass is 614 g/mol. The summed E-state index contributed by atoms with van der Waals surface area (Å²) in [6.45, 7) is 4.13. The van der Waals surface area contributed by atoms with Gasteiger partial charge in [-0.05, 0) is 61.9 Å². The number of carbonyl (C=O) groups is 1. The number of benzene rings is 2. The van der Waals surface area contributed by atoms with Crippen molar-refractivity contribution in [3.05, 3.63) is 53.6 Å². The van der Waals surface area contributed by atoms with E-state index < -0.39 is 29.9 Å². The molecule has 3 atom stereocenters. The number of aliphatic carboxylic acids is 1. The number of phenols is 2. The van der Waals surface area contributed by atoms with E-state index in [1.54, 1.807) is 24.3 Å². The van der Waals surface area contributed by atoms with Crippen LogP contribution in [0.5, 0.6) is 17.2 Å². The summed E-state index contributed by atoms with van der Waals surface area (Å²) in [6.07, 6.45) is -0.800. The minimum atomic E-state index is -5.59. The zero-order chi connectivity index (χ0) is 31.9. The topological polar surface area (TPSA) is 87.0 Å². The third kappa shape index (κ3) is 8.76. The third-order valence-electron chi connectivity index (χ3n) is 9.07. The molecule has 10 heteroatoms. The van der Waals surface area contributed by atoms with Gasteiger partial charge in [0.2, 0.25) is 0 Å². The van der Waals surface area contributed by atoms with Crippen LogP contribution in [0.25, 0.3) is 0 Å². The van der Waals surface area contributed by atoms with E-state index in [1.807, 2.05) is 18.2 Å². The largest absolute Gasteiger partial charge is 0.508 e. The highest BCUT2D eigenvalue weighted by Crippen LogP contribution is 2.50. The molecule has 0 saturated carbocycles. The van der Waals surface area contributed by atoms with Crippen LogP contribution < -0.4 is 4.74 Å². The van der Waals surface area contributed by atoms with Crippen LogP contribution >= 0.6 is 0 Å². The Hall–Kier alpha value is -3.04. The number of halogens is 5. The highest BCUT2D eigenvalue weighted by molar-refractivity contribution is 5.74. The SMILES string of the molecule is CC(CCCCCCCC[C@@H]1c2ccc(O)cc2OC[C@]1(C)c1ccc(O)cc1)(CCCCC(F)(F)C(F)(F)F)C(=O)O. The Balaban J connectivity index is 1.46. The van der Waals surface area contributed by atoms with E-state index in [9.17, 15) is 42.1 Å². The minimum absolute atomic E-state index is 0.00745. The van der Waals surface area contributed by atoms with Gasteiger partial charge in [0.15, 0.2) is 0 Å². The lowest BCUT2D eigenvalue weighted by Gasteiger charge is -2.43. The van der Waals surface area contributed by atoms with E-state index in [2.05, 4.69) is 6.92 Å². The number of aromatic hydroxyl groups is 2. The molecule has 240 valence electrons. The van der Waals surface area contributed by atoms with E-state index >= 15 is 0 Å². The number of rotatable bonds is 16. The van der Waals surface area contributed by atoms with Crippen LogP contribution in [0.15, 0.2) is 42.5 Å². The van der Waals surface area contributed by atoms with Crippen LogP contribution in [0.1, 0.15) is 108 Å².